The molecule has 2 nitrogen and oxygen atoms in total. The lowest BCUT2D eigenvalue weighted by atomic mass is 10.1. The second kappa shape index (κ2) is 3.83. The van der Waals surface area contributed by atoms with E-state index >= 15 is 0 Å². The van der Waals surface area contributed by atoms with Crippen molar-refractivity contribution < 1.29 is 10.2 Å². The molecule has 2 aromatic rings. The molecule has 2 aromatic carbocycles. The monoisotopic (exact) mass is 220 g/mol. The first kappa shape index (κ1) is 9.87. The summed E-state index contributed by atoms with van der Waals surface area (Å²) in [5, 5.41) is 18.9. The number of hydrogen-bond donors (Lipinski definition) is 2. The van der Waals surface area contributed by atoms with Crippen molar-refractivity contribution in [3.8, 4) is 22.6 Å². The average Bonchev–Trinajstić information content (AvgIpc) is 2.23. The number of benzene rings is 2. The molecule has 0 spiro atoms. The van der Waals surface area contributed by atoms with Gasteiger partial charge in [0, 0.05) is 0 Å². The fourth-order valence-corrected chi connectivity index (χ4v) is 1.46. The summed E-state index contributed by atoms with van der Waals surface area (Å²) in [6, 6.07) is 11.8. The van der Waals surface area contributed by atoms with Crippen LogP contribution in [0.4, 0.5) is 0 Å². The highest BCUT2D eigenvalue weighted by Crippen LogP contribution is 2.29. The van der Waals surface area contributed by atoms with Crippen molar-refractivity contribution in [3.63, 3.8) is 0 Å². The second-order valence-corrected chi connectivity index (χ2v) is 3.62. The smallest absolute Gasteiger partial charge is 0.134 e. The van der Waals surface area contributed by atoms with Gasteiger partial charge in [0.05, 0.1) is 5.02 Å². The Kier molecular flexibility index (Phi) is 2.52. The van der Waals surface area contributed by atoms with Crippen LogP contribution < -0.4 is 0 Å². The molecule has 0 saturated heterocycles. The van der Waals surface area contributed by atoms with Crippen molar-refractivity contribution in [3.05, 3.63) is 47.5 Å². The Hall–Kier alpha value is -1.67. The van der Waals surface area contributed by atoms with Crippen LogP contribution in [-0.4, -0.2) is 10.2 Å². The van der Waals surface area contributed by atoms with Gasteiger partial charge in [0.1, 0.15) is 11.5 Å². The van der Waals surface area contributed by atoms with E-state index in [2.05, 4.69) is 0 Å². The maximum Gasteiger partial charge on any atom is 0.134 e. The predicted octanol–water partition coefficient (Wildman–Crippen LogP) is 3.42. The molecule has 0 atom stereocenters. The topological polar surface area (TPSA) is 40.5 Å². The molecule has 0 unspecified atom stereocenters. The molecule has 3 heteroatoms. The minimum atomic E-state index is 0.0576. The third-order valence-electron chi connectivity index (χ3n) is 2.15. The van der Waals surface area contributed by atoms with Crippen molar-refractivity contribution in [1.29, 1.82) is 0 Å². The summed E-state index contributed by atoms with van der Waals surface area (Å²) in [6.07, 6.45) is 0. The molecule has 0 heterocycles. The zero-order valence-electron chi connectivity index (χ0n) is 7.81. The first-order valence-electron chi connectivity index (χ1n) is 4.45. The Morgan fingerprint density at radius 2 is 1.40 bits per heavy atom. The van der Waals surface area contributed by atoms with Gasteiger partial charge in [-0.2, -0.15) is 0 Å². The molecule has 0 aliphatic heterocycles. The van der Waals surface area contributed by atoms with Gasteiger partial charge in [-0.25, -0.2) is 0 Å². The van der Waals surface area contributed by atoms with Crippen LogP contribution in [0.2, 0.25) is 5.02 Å². The standard InChI is InChI=1S/C12H9ClO2/c13-11-6-3-9(7-12(11)15)8-1-4-10(14)5-2-8/h1-7,14-15H. The van der Waals surface area contributed by atoms with Crippen LogP contribution in [0.3, 0.4) is 0 Å². The van der Waals surface area contributed by atoms with Gasteiger partial charge in [0.2, 0.25) is 0 Å². The van der Waals surface area contributed by atoms with Crippen LogP contribution >= 0.6 is 11.6 Å². The lowest BCUT2D eigenvalue weighted by molar-refractivity contribution is 0.475. The summed E-state index contributed by atoms with van der Waals surface area (Å²) in [5.41, 5.74) is 1.77. The molecule has 0 radical (unpaired) electrons. The second-order valence-electron chi connectivity index (χ2n) is 3.21. The highest BCUT2D eigenvalue weighted by molar-refractivity contribution is 6.32. The molecule has 0 aliphatic carbocycles. The molecule has 2 rings (SSSR count). The van der Waals surface area contributed by atoms with E-state index < -0.39 is 0 Å². The van der Waals surface area contributed by atoms with E-state index in [1.54, 1.807) is 36.4 Å². The maximum atomic E-state index is 9.43. The number of hydrogen-bond acceptors (Lipinski definition) is 2. The van der Waals surface area contributed by atoms with Crippen LogP contribution in [0.25, 0.3) is 11.1 Å². The number of phenolic OH excluding ortho intramolecular Hbond substituents is 2. The van der Waals surface area contributed by atoms with E-state index in [9.17, 15) is 5.11 Å². The fourth-order valence-electron chi connectivity index (χ4n) is 1.35. The summed E-state index contributed by atoms with van der Waals surface area (Å²) in [5.74, 6) is 0.277. The first-order chi connectivity index (χ1) is 7.16. The van der Waals surface area contributed by atoms with Gasteiger partial charge in [-0.05, 0) is 35.4 Å². The zero-order chi connectivity index (χ0) is 10.8. The average molecular weight is 221 g/mol. The molecule has 15 heavy (non-hydrogen) atoms. The lowest BCUT2D eigenvalue weighted by Gasteiger charge is -2.03. The van der Waals surface area contributed by atoms with Crippen LogP contribution in [0.15, 0.2) is 42.5 Å². The van der Waals surface area contributed by atoms with Crippen molar-refractivity contribution >= 4 is 11.6 Å². The van der Waals surface area contributed by atoms with Crippen LogP contribution in [0, 0.1) is 0 Å². The summed E-state index contributed by atoms with van der Waals surface area (Å²) in [7, 11) is 0. The molecular weight excluding hydrogens is 212 g/mol. The van der Waals surface area contributed by atoms with Crippen LogP contribution in [-0.2, 0) is 0 Å². The quantitative estimate of drug-likeness (QED) is 0.773. The van der Waals surface area contributed by atoms with Crippen LogP contribution in [0.1, 0.15) is 0 Å². The minimum Gasteiger partial charge on any atom is -0.508 e. The Labute approximate surface area is 92.4 Å². The van der Waals surface area contributed by atoms with Crippen molar-refractivity contribution in [2.45, 2.75) is 0 Å². The first-order valence-corrected chi connectivity index (χ1v) is 4.82. The molecule has 0 aliphatic rings. The van der Waals surface area contributed by atoms with Gasteiger partial charge in [0.25, 0.3) is 0 Å². The molecule has 2 N–H and O–H groups in total. The molecule has 0 amide bonds. The van der Waals surface area contributed by atoms with Gasteiger partial charge >= 0.3 is 0 Å². The van der Waals surface area contributed by atoms with Crippen molar-refractivity contribution in [2.24, 2.45) is 0 Å². The molecule has 0 bridgehead atoms. The maximum absolute atomic E-state index is 9.43. The van der Waals surface area contributed by atoms with Crippen LogP contribution in [0.5, 0.6) is 11.5 Å². The van der Waals surface area contributed by atoms with E-state index in [4.69, 9.17) is 16.7 Å². The van der Waals surface area contributed by atoms with Gasteiger partial charge < -0.3 is 10.2 Å². The van der Waals surface area contributed by atoms with E-state index in [0.717, 1.165) is 11.1 Å². The van der Waals surface area contributed by atoms with E-state index in [0.29, 0.717) is 5.02 Å². The fraction of sp³-hybridized carbons (Fsp3) is 0. The number of rotatable bonds is 1. The Morgan fingerprint density at radius 3 is 2.00 bits per heavy atom. The Balaban J connectivity index is 2.45. The summed E-state index contributed by atoms with van der Waals surface area (Å²) in [4.78, 5) is 0. The summed E-state index contributed by atoms with van der Waals surface area (Å²) >= 11 is 5.70. The third kappa shape index (κ3) is 2.05. The molecule has 0 aromatic heterocycles. The van der Waals surface area contributed by atoms with Gasteiger partial charge in [0.15, 0.2) is 0 Å². The number of halogens is 1. The molecular formula is C12H9ClO2. The highest BCUT2D eigenvalue weighted by atomic mass is 35.5. The molecule has 0 saturated carbocycles. The molecule has 76 valence electrons. The van der Waals surface area contributed by atoms with E-state index in [-0.39, 0.29) is 11.5 Å². The minimum absolute atomic E-state index is 0.0576. The Bertz CT molecular complexity index is 477. The highest BCUT2D eigenvalue weighted by Gasteiger charge is 2.02. The number of aromatic hydroxyl groups is 2. The summed E-state index contributed by atoms with van der Waals surface area (Å²) in [6.45, 7) is 0. The number of phenols is 2. The Morgan fingerprint density at radius 1 is 0.800 bits per heavy atom. The van der Waals surface area contributed by atoms with Gasteiger partial charge in [-0.3, -0.25) is 0 Å². The molecule has 0 fully saturated rings. The lowest BCUT2D eigenvalue weighted by Crippen LogP contribution is -1.77. The largest absolute Gasteiger partial charge is 0.508 e. The van der Waals surface area contributed by atoms with E-state index in [1.807, 2.05) is 6.07 Å². The van der Waals surface area contributed by atoms with Gasteiger partial charge in [-0.15, -0.1) is 0 Å². The van der Waals surface area contributed by atoms with Crippen molar-refractivity contribution in [2.75, 3.05) is 0 Å². The SMILES string of the molecule is Oc1ccc(-c2ccc(Cl)c(O)c2)cc1. The zero-order valence-corrected chi connectivity index (χ0v) is 8.57. The normalized spacial score (nSPS) is 10.2. The van der Waals surface area contributed by atoms with E-state index in [1.165, 1.54) is 0 Å². The van der Waals surface area contributed by atoms with Crippen molar-refractivity contribution in [1.82, 2.24) is 0 Å². The predicted molar refractivity (Wildman–Crippen MR) is 60.2 cm³/mol. The third-order valence-corrected chi connectivity index (χ3v) is 2.47. The summed E-state index contributed by atoms with van der Waals surface area (Å²) < 4.78 is 0. The van der Waals surface area contributed by atoms with Gasteiger partial charge in [-0.1, -0.05) is 29.8 Å².